The molecular weight excluding hydrogens is 332 g/mol. The third-order valence-corrected chi connectivity index (χ3v) is 3.79. The number of nitrogens with zero attached hydrogens (tertiary/aromatic N) is 2. The molecule has 2 N–H and O–H groups in total. The Morgan fingerprint density at radius 3 is 2.90 bits per heavy atom. The molecule has 0 aliphatic rings. The van der Waals surface area contributed by atoms with E-state index in [0.29, 0.717) is 10.2 Å². The molecule has 104 valence electrons. The van der Waals surface area contributed by atoms with E-state index < -0.39 is 0 Å². The molecule has 3 rings (SSSR count). The number of hydrazone groups is 1. The Morgan fingerprint density at radius 2 is 2.00 bits per heavy atom. The number of hydrogen-bond donors (Lipinski definition) is 2. The van der Waals surface area contributed by atoms with Gasteiger partial charge < -0.3 is 0 Å². The number of fused-ring (bicyclic) bond motifs is 1. The highest BCUT2D eigenvalue weighted by atomic mass is 79.9. The van der Waals surface area contributed by atoms with E-state index >= 15 is 0 Å². The molecule has 0 saturated heterocycles. The molecule has 1 aromatic heterocycles. The van der Waals surface area contributed by atoms with Gasteiger partial charge in [0.05, 0.1) is 18.1 Å². The van der Waals surface area contributed by atoms with E-state index in [1.165, 1.54) is 6.20 Å². The quantitative estimate of drug-likeness (QED) is 0.567. The van der Waals surface area contributed by atoms with Crippen LogP contribution in [-0.2, 0) is 0 Å². The van der Waals surface area contributed by atoms with Gasteiger partial charge in [-0.3, -0.25) is 10.2 Å². The van der Waals surface area contributed by atoms with Gasteiger partial charge in [-0.05, 0) is 26.7 Å². The summed E-state index contributed by atoms with van der Waals surface area (Å²) in [6.45, 7) is 0. The summed E-state index contributed by atoms with van der Waals surface area (Å²) in [4.78, 5) is 11.4. The van der Waals surface area contributed by atoms with Crippen molar-refractivity contribution in [1.82, 2.24) is 10.2 Å². The van der Waals surface area contributed by atoms with Gasteiger partial charge >= 0.3 is 0 Å². The largest absolute Gasteiger partial charge is 0.280 e. The van der Waals surface area contributed by atoms with Crippen molar-refractivity contribution in [2.45, 2.75) is 0 Å². The molecule has 0 aliphatic carbocycles. The molecule has 0 fully saturated rings. The second kappa shape index (κ2) is 5.88. The van der Waals surface area contributed by atoms with Gasteiger partial charge in [0.1, 0.15) is 4.47 Å². The van der Waals surface area contributed by atoms with E-state index in [9.17, 15) is 4.79 Å². The molecule has 0 spiro atoms. The summed E-state index contributed by atoms with van der Waals surface area (Å²) >= 11 is 3.19. The zero-order valence-corrected chi connectivity index (χ0v) is 12.5. The summed E-state index contributed by atoms with van der Waals surface area (Å²) in [6, 6.07) is 14.1. The maximum absolute atomic E-state index is 11.4. The Hall–Kier alpha value is -2.47. The van der Waals surface area contributed by atoms with Crippen molar-refractivity contribution >= 4 is 38.6 Å². The first kappa shape index (κ1) is 13.5. The molecule has 6 heteroatoms. The van der Waals surface area contributed by atoms with Gasteiger partial charge in [-0.1, -0.05) is 42.5 Å². The number of benzene rings is 2. The number of hydrogen-bond acceptors (Lipinski definition) is 4. The fraction of sp³-hybridized carbons (Fsp3) is 0. The molecule has 0 aliphatic heterocycles. The molecule has 21 heavy (non-hydrogen) atoms. The van der Waals surface area contributed by atoms with Gasteiger partial charge in [-0.2, -0.15) is 10.2 Å². The van der Waals surface area contributed by atoms with E-state index in [2.05, 4.69) is 48.8 Å². The van der Waals surface area contributed by atoms with Crippen LogP contribution in [0, 0.1) is 0 Å². The molecule has 0 bridgehead atoms. The molecule has 3 aromatic rings. The van der Waals surface area contributed by atoms with Crippen LogP contribution in [0.3, 0.4) is 0 Å². The monoisotopic (exact) mass is 342 g/mol. The lowest BCUT2D eigenvalue weighted by atomic mass is 10.1. The molecule has 1 heterocycles. The van der Waals surface area contributed by atoms with E-state index in [-0.39, 0.29) is 5.56 Å². The van der Waals surface area contributed by atoms with Gasteiger partial charge in [0.25, 0.3) is 5.56 Å². The molecule has 0 amide bonds. The molecule has 5 nitrogen and oxygen atoms in total. The number of aromatic amines is 1. The van der Waals surface area contributed by atoms with Crippen molar-refractivity contribution in [2.24, 2.45) is 5.10 Å². The van der Waals surface area contributed by atoms with Crippen molar-refractivity contribution in [3.63, 3.8) is 0 Å². The fourth-order valence-electron chi connectivity index (χ4n) is 2.00. The lowest BCUT2D eigenvalue weighted by molar-refractivity contribution is 0.977. The second-order valence-corrected chi connectivity index (χ2v) is 5.16. The predicted octanol–water partition coefficient (Wildman–Crippen LogP) is 3.13. The first-order chi connectivity index (χ1) is 10.3. The Bertz CT molecular complexity index is 867. The van der Waals surface area contributed by atoms with E-state index in [4.69, 9.17) is 0 Å². The SMILES string of the molecule is O=c1[nH]ncc(N/N=C/c2cccc3ccccc23)c1Br. The first-order valence-corrected chi connectivity index (χ1v) is 7.05. The van der Waals surface area contributed by atoms with Gasteiger partial charge in [0.2, 0.25) is 0 Å². The average Bonchev–Trinajstić information content (AvgIpc) is 2.52. The molecule has 0 radical (unpaired) electrons. The third-order valence-electron chi connectivity index (χ3n) is 3.01. The smallest absolute Gasteiger partial charge is 0.275 e. The maximum atomic E-state index is 11.4. The number of aromatic nitrogens is 2. The first-order valence-electron chi connectivity index (χ1n) is 6.26. The summed E-state index contributed by atoms with van der Waals surface area (Å²) in [7, 11) is 0. The Kier molecular flexibility index (Phi) is 3.79. The van der Waals surface area contributed by atoms with Gasteiger partial charge in [-0.25, -0.2) is 5.10 Å². The zero-order chi connectivity index (χ0) is 14.7. The Balaban J connectivity index is 1.89. The summed E-state index contributed by atoms with van der Waals surface area (Å²) in [6.07, 6.45) is 3.21. The highest BCUT2D eigenvalue weighted by Gasteiger charge is 2.02. The fourth-order valence-corrected chi connectivity index (χ4v) is 2.28. The summed E-state index contributed by atoms with van der Waals surface area (Å²) in [5, 5.41) is 12.5. The molecule has 0 saturated carbocycles. The lowest BCUT2D eigenvalue weighted by Gasteiger charge is -2.03. The molecule has 0 atom stereocenters. The van der Waals surface area contributed by atoms with Crippen LogP contribution in [0.25, 0.3) is 10.8 Å². The zero-order valence-electron chi connectivity index (χ0n) is 10.9. The van der Waals surface area contributed by atoms with Crippen LogP contribution >= 0.6 is 15.9 Å². The number of nitrogens with one attached hydrogen (secondary N) is 2. The normalized spacial score (nSPS) is 11.1. The van der Waals surface area contributed by atoms with E-state index in [1.807, 2.05) is 30.3 Å². The Labute approximate surface area is 128 Å². The number of H-pyrrole nitrogens is 1. The average molecular weight is 343 g/mol. The summed E-state index contributed by atoms with van der Waals surface area (Å²) in [5.74, 6) is 0. The van der Waals surface area contributed by atoms with Crippen molar-refractivity contribution in [1.29, 1.82) is 0 Å². The van der Waals surface area contributed by atoms with Crippen LogP contribution in [0.4, 0.5) is 5.69 Å². The van der Waals surface area contributed by atoms with Crippen LogP contribution in [-0.4, -0.2) is 16.4 Å². The lowest BCUT2D eigenvalue weighted by Crippen LogP contribution is -2.10. The van der Waals surface area contributed by atoms with Gasteiger partial charge in [0.15, 0.2) is 0 Å². The van der Waals surface area contributed by atoms with Crippen LogP contribution in [0.2, 0.25) is 0 Å². The highest BCUT2D eigenvalue weighted by molar-refractivity contribution is 9.10. The van der Waals surface area contributed by atoms with Crippen molar-refractivity contribution in [3.05, 3.63) is 69.1 Å². The minimum Gasteiger partial charge on any atom is -0.275 e. The number of anilines is 1. The van der Waals surface area contributed by atoms with E-state index in [0.717, 1.165) is 16.3 Å². The maximum Gasteiger partial charge on any atom is 0.280 e. The van der Waals surface area contributed by atoms with Crippen molar-refractivity contribution in [2.75, 3.05) is 5.43 Å². The summed E-state index contributed by atoms with van der Waals surface area (Å²) < 4.78 is 0.368. The van der Waals surface area contributed by atoms with Gasteiger partial charge in [-0.15, -0.1) is 0 Å². The predicted molar refractivity (Wildman–Crippen MR) is 87.7 cm³/mol. The van der Waals surface area contributed by atoms with E-state index in [1.54, 1.807) is 6.21 Å². The number of halogens is 1. The second-order valence-electron chi connectivity index (χ2n) is 4.37. The minimum absolute atomic E-state index is 0.305. The molecule has 2 aromatic carbocycles. The van der Waals surface area contributed by atoms with Crippen LogP contribution in [0.1, 0.15) is 5.56 Å². The standard InChI is InChI=1S/C15H11BrN4O/c16-14-13(9-18-20-15(14)21)19-17-8-11-6-3-5-10-4-1-2-7-12(10)11/h1-9H,(H2,19,20,21)/b17-8+. The van der Waals surface area contributed by atoms with Crippen molar-refractivity contribution < 1.29 is 0 Å². The molecule has 0 unspecified atom stereocenters. The third kappa shape index (κ3) is 2.85. The van der Waals surface area contributed by atoms with Crippen LogP contribution in [0.15, 0.2) is 63.0 Å². The minimum atomic E-state index is -0.305. The topological polar surface area (TPSA) is 70.1 Å². The van der Waals surface area contributed by atoms with Crippen molar-refractivity contribution in [3.8, 4) is 0 Å². The van der Waals surface area contributed by atoms with Gasteiger partial charge in [0, 0.05) is 5.56 Å². The Morgan fingerprint density at radius 1 is 1.19 bits per heavy atom. The van der Waals surface area contributed by atoms with Crippen LogP contribution in [0.5, 0.6) is 0 Å². The van der Waals surface area contributed by atoms with Crippen LogP contribution < -0.4 is 11.0 Å². The highest BCUT2D eigenvalue weighted by Crippen LogP contribution is 2.18. The summed E-state index contributed by atoms with van der Waals surface area (Å²) in [5.41, 5.74) is 4.01. The molecular formula is C15H11BrN4O. The number of rotatable bonds is 3.